The van der Waals surface area contributed by atoms with Crippen LogP contribution in [0.5, 0.6) is 5.75 Å². The minimum atomic E-state index is 0.315. The fourth-order valence-electron chi connectivity index (χ4n) is 2.85. The van der Waals surface area contributed by atoms with Gasteiger partial charge in [0.1, 0.15) is 23.0 Å². The molecule has 3 rings (SSSR count). The molecule has 0 bridgehead atoms. The minimum Gasteiger partial charge on any atom is -0.497 e. The van der Waals surface area contributed by atoms with Crippen molar-refractivity contribution in [3.8, 4) is 11.7 Å². The second-order valence-corrected chi connectivity index (χ2v) is 6.67. The van der Waals surface area contributed by atoms with Gasteiger partial charge in [-0.15, -0.1) is 0 Å². The smallest absolute Gasteiger partial charge is 0.254 e. The summed E-state index contributed by atoms with van der Waals surface area (Å²) in [5, 5.41) is 7.98. The van der Waals surface area contributed by atoms with Gasteiger partial charge in [0, 0.05) is 18.2 Å². The first-order valence-corrected chi connectivity index (χ1v) is 9.63. The minimum absolute atomic E-state index is 0.315. The number of aldehydes is 1. The summed E-state index contributed by atoms with van der Waals surface area (Å²) in [6.07, 6.45) is 7.29. The van der Waals surface area contributed by atoms with Crippen LogP contribution in [0.1, 0.15) is 30.2 Å². The summed E-state index contributed by atoms with van der Waals surface area (Å²) in [6.45, 7) is 2.65. The number of nitrogens with one attached hydrogen (secondary N) is 1. The summed E-state index contributed by atoms with van der Waals surface area (Å²) >= 11 is 6.23. The van der Waals surface area contributed by atoms with Gasteiger partial charge in [0.25, 0.3) is 5.95 Å². The Kier molecular flexibility index (Phi) is 6.97. The van der Waals surface area contributed by atoms with E-state index in [1.807, 2.05) is 24.3 Å². The number of nitrogens with zero attached hydrogens (tertiary/aromatic N) is 4. The van der Waals surface area contributed by atoms with Crippen molar-refractivity contribution in [3.05, 3.63) is 64.6 Å². The predicted octanol–water partition coefficient (Wildman–Crippen LogP) is 4.10. The van der Waals surface area contributed by atoms with Gasteiger partial charge < -0.3 is 10.1 Å². The molecular weight excluding hydrogens is 390 g/mol. The normalized spacial score (nSPS) is 11.0. The second-order valence-electron chi connectivity index (χ2n) is 6.28. The largest absolute Gasteiger partial charge is 0.497 e. The zero-order valence-electron chi connectivity index (χ0n) is 16.3. The van der Waals surface area contributed by atoms with Gasteiger partial charge in [0.05, 0.1) is 19.0 Å². The number of hydrogen-bond donors (Lipinski definition) is 1. The lowest BCUT2D eigenvalue weighted by atomic mass is 10.1. The van der Waals surface area contributed by atoms with Crippen molar-refractivity contribution in [3.63, 3.8) is 0 Å². The third kappa shape index (κ3) is 5.20. The van der Waals surface area contributed by atoms with Crippen LogP contribution in [-0.2, 0) is 17.8 Å². The summed E-state index contributed by atoms with van der Waals surface area (Å²) in [5.41, 5.74) is 2.86. The zero-order chi connectivity index (χ0) is 20.6. The molecule has 2 aromatic heterocycles. The average molecular weight is 412 g/mol. The summed E-state index contributed by atoms with van der Waals surface area (Å²) < 4.78 is 6.84. The molecule has 0 fully saturated rings. The number of rotatable bonds is 9. The number of benzene rings is 1. The van der Waals surface area contributed by atoms with E-state index >= 15 is 0 Å². The van der Waals surface area contributed by atoms with Gasteiger partial charge in [-0.05, 0) is 36.3 Å². The Morgan fingerprint density at radius 3 is 2.72 bits per heavy atom. The van der Waals surface area contributed by atoms with Gasteiger partial charge in [0.15, 0.2) is 0 Å². The van der Waals surface area contributed by atoms with E-state index in [0.29, 0.717) is 23.5 Å². The van der Waals surface area contributed by atoms with Crippen molar-refractivity contribution in [2.24, 2.45) is 0 Å². The molecule has 0 amide bonds. The molecule has 0 unspecified atom stereocenters. The van der Waals surface area contributed by atoms with Crippen LogP contribution in [0.4, 0.5) is 5.82 Å². The molecule has 2 heterocycles. The number of hydrogen-bond acceptors (Lipinski definition) is 6. The number of methoxy groups -OCH3 is 1. The number of anilines is 1. The summed E-state index contributed by atoms with van der Waals surface area (Å²) in [6, 6.07) is 9.45. The number of ether oxygens (including phenoxy) is 1. The van der Waals surface area contributed by atoms with E-state index in [-0.39, 0.29) is 0 Å². The maximum absolute atomic E-state index is 10.7. The van der Waals surface area contributed by atoms with Crippen LogP contribution >= 0.6 is 11.6 Å². The fourth-order valence-corrected chi connectivity index (χ4v) is 3.03. The molecular formula is C21H22ClN5O2. The van der Waals surface area contributed by atoms with E-state index in [1.54, 1.807) is 30.1 Å². The molecule has 8 heteroatoms. The van der Waals surface area contributed by atoms with Crippen molar-refractivity contribution < 1.29 is 9.53 Å². The monoisotopic (exact) mass is 411 g/mol. The van der Waals surface area contributed by atoms with Gasteiger partial charge in [-0.2, -0.15) is 15.1 Å². The molecule has 0 saturated heterocycles. The van der Waals surface area contributed by atoms with Crippen LogP contribution in [0.15, 0.2) is 42.6 Å². The van der Waals surface area contributed by atoms with Crippen LogP contribution in [0, 0.1) is 0 Å². The van der Waals surface area contributed by atoms with E-state index in [4.69, 9.17) is 16.3 Å². The van der Waals surface area contributed by atoms with Crippen LogP contribution in [-0.4, -0.2) is 33.1 Å². The third-order valence-corrected chi connectivity index (χ3v) is 4.44. The van der Waals surface area contributed by atoms with E-state index in [9.17, 15) is 4.79 Å². The van der Waals surface area contributed by atoms with Crippen molar-refractivity contribution in [1.29, 1.82) is 0 Å². The van der Waals surface area contributed by atoms with E-state index in [0.717, 1.165) is 41.7 Å². The number of carbonyl (C=O) groups is 1. The molecule has 29 heavy (non-hydrogen) atoms. The lowest BCUT2D eigenvalue weighted by molar-refractivity contribution is -0.104. The highest BCUT2D eigenvalue weighted by Crippen LogP contribution is 2.20. The highest BCUT2D eigenvalue weighted by molar-refractivity contribution is 6.29. The van der Waals surface area contributed by atoms with Crippen molar-refractivity contribution >= 4 is 29.8 Å². The molecule has 1 aromatic carbocycles. The molecule has 0 radical (unpaired) electrons. The second kappa shape index (κ2) is 9.84. The predicted molar refractivity (Wildman–Crippen MR) is 114 cm³/mol. The molecule has 1 N–H and O–H groups in total. The van der Waals surface area contributed by atoms with Gasteiger partial charge in [-0.25, -0.2) is 4.68 Å². The lowest BCUT2D eigenvalue weighted by Crippen LogP contribution is -2.10. The summed E-state index contributed by atoms with van der Waals surface area (Å²) in [7, 11) is 1.64. The third-order valence-electron chi connectivity index (χ3n) is 4.25. The molecule has 0 aliphatic rings. The Bertz CT molecular complexity index is 999. The zero-order valence-corrected chi connectivity index (χ0v) is 17.1. The molecule has 7 nitrogen and oxygen atoms in total. The van der Waals surface area contributed by atoms with Crippen LogP contribution in [0.3, 0.4) is 0 Å². The van der Waals surface area contributed by atoms with Crippen LogP contribution in [0.2, 0.25) is 5.15 Å². The SMILES string of the molecule is CCCc1c(C=CC=O)cnn1-c1nc(Cl)cc(NCc2ccc(OC)cc2)n1. The highest BCUT2D eigenvalue weighted by Gasteiger charge is 2.14. The quantitative estimate of drug-likeness (QED) is 0.324. The molecule has 3 aromatic rings. The Morgan fingerprint density at radius 2 is 2.03 bits per heavy atom. The molecule has 0 aliphatic carbocycles. The Labute approximate surface area is 174 Å². The molecule has 0 aliphatic heterocycles. The van der Waals surface area contributed by atoms with Crippen molar-refractivity contribution in [2.45, 2.75) is 26.3 Å². The number of aromatic nitrogens is 4. The lowest BCUT2D eigenvalue weighted by Gasteiger charge is -2.10. The fraction of sp³-hybridized carbons (Fsp3) is 0.238. The number of allylic oxidation sites excluding steroid dienone is 1. The van der Waals surface area contributed by atoms with Gasteiger partial charge in [-0.3, -0.25) is 4.79 Å². The van der Waals surface area contributed by atoms with Gasteiger partial charge in [-0.1, -0.05) is 37.1 Å². The van der Waals surface area contributed by atoms with E-state index in [1.165, 1.54) is 6.08 Å². The first-order chi connectivity index (χ1) is 14.1. The molecule has 0 saturated carbocycles. The average Bonchev–Trinajstić information content (AvgIpc) is 3.13. The Morgan fingerprint density at radius 1 is 1.24 bits per heavy atom. The summed E-state index contributed by atoms with van der Waals surface area (Å²) in [4.78, 5) is 19.6. The number of halogens is 1. The maximum atomic E-state index is 10.7. The summed E-state index contributed by atoms with van der Waals surface area (Å²) in [5.74, 6) is 1.78. The maximum Gasteiger partial charge on any atom is 0.254 e. The van der Waals surface area contributed by atoms with Crippen LogP contribution < -0.4 is 10.1 Å². The van der Waals surface area contributed by atoms with Crippen molar-refractivity contribution in [2.75, 3.05) is 12.4 Å². The Hall–Kier alpha value is -3.19. The van der Waals surface area contributed by atoms with Gasteiger partial charge in [0.2, 0.25) is 0 Å². The molecule has 150 valence electrons. The van der Waals surface area contributed by atoms with Crippen LogP contribution in [0.25, 0.3) is 12.0 Å². The Balaban J connectivity index is 1.85. The van der Waals surface area contributed by atoms with E-state index < -0.39 is 0 Å². The number of carbonyl (C=O) groups excluding carboxylic acids is 1. The molecule has 0 atom stereocenters. The first kappa shape index (κ1) is 20.5. The first-order valence-electron chi connectivity index (χ1n) is 9.25. The topological polar surface area (TPSA) is 81.9 Å². The van der Waals surface area contributed by atoms with Gasteiger partial charge >= 0.3 is 0 Å². The molecule has 0 spiro atoms. The highest BCUT2D eigenvalue weighted by atomic mass is 35.5. The standard InChI is InChI=1S/C21H22ClN5O2/c1-3-5-18-16(6-4-11-28)14-24-27(18)21-25-19(22)12-20(26-21)23-13-15-7-9-17(29-2)10-8-15/h4,6-12,14H,3,5,13H2,1-2H3,(H,23,25,26). The van der Waals surface area contributed by atoms with E-state index in [2.05, 4.69) is 27.3 Å². The van der Waals surface area contributed by atoms with Crippen molar-refractivity contribution in [1.82, 2.24) is 19.7 Å².